The van der Waals surface area contributed by atoms with Crippen molar-refractivity contribution in [3.8, 4) is 0 Å². The molecule has 8 heteroatoms. The normalized spacial score (nSPS) is 42.0. The molecule has 4 aliphatic heterocycles. The van der Waals surface area contributed by atoms with Crippen molar-refractivity contribution in [1.29, 1.82) is 0 Å². The summed E-state index contributed by atoms with van der Waals surface area (Å²) in [7, 11) is 0. The lowest BCUT2D eigenvalue weighted by Gasteiger charge is -2.46. The first-order chi connectivity index (χ1) is 16.0. The van der Waals surface area contributed by atoms with E-state index in [0.29, 0.717) is 34.6 Å². The zero-order valence-corrected chi connectivity index (χ0v) is 22.5. The number of alkyl halides is 1. The molecule has 5 heterocycles. The zero-order chi connectivity index (χ0) is 22.8. The first kappa shape index (κ1) is 24.5. The van der Waals surface area contributed by atoms with Crippen LogP contribution in [-0.2, 0) is 0 Å². The minimum Gasteiger partial charge on any atom is -0.293 e. The molecule has 4 aliphatic rings. The van der Waals surface area contributed by atoms with Crippen molar-refractivity contribution in [3.05, 3.63) is 30.1 Å². The maximum atomic E-state index is 4.74. The monoisotopic (exact) mass is 536 g/mol. The third-order valence-electron chi connectivity index (χ3n) is 8.17. The van der Waals surface area contributed by atoms with E-state index in [9.17, 15) is 0 Å². The van der Waals surface area contributed by atoms with Crippen LogP contribution in [0.2, 0.25) is 0 Å². The van der Waals surface area contributed by atoms with Gasteiger partial charge in [-0.3, -0.25) is 30.6 Å². The van der Waals surface area contributed by atoms with Crippen LogP contribution in [-0.4, -0.2) is 51.2 Å². The number of hydrogen-bond donors (Lipinski definition) is 4. The van der Waals surface area contributed by atoms with Crippen LogP contribution in [0.25, 0.3) is 0 Å². The van der Waals surface area contributed by atoms with Gasteiger partial charge in [-0.05, 0) is 83.3 Å². The Bertz CT molecular complexity index is 767. The number of fused-ring (bicyclic) bond motifs is 6. The number of rotatable bonds is 1. The quantitative estimate of drug-likeness (QED) is 0.242. The lowest BCUT2D eigenvalue weighted by Crippen LogP contribution is -2.60. The van der Waals surface area contributed by atoms with Gasteiger partial charge in [0.15, 0.2) is 0 Å². The molecule has 1 aromatic heterocycles. The van der Waals surface area contributed by atoms with Crippen LogP contribution in [0.1, 0.15) is 76.9 Å². The van der Waals surface area contributed by atoms with E-state index in [1.54, 1.807) is 0 Å². The van der Waals surface area contributed by atoms with Crippen LogP contribution in [0.5, 0.6) is 0 Å². The standard InChI is InChI=1S/C25H41BrN6S/c1-25(2)14-17-9-11-20(19-6-3-4-13-27-19)29-22-7-5-8-23(31-22)33-28-15-18-10-12-21(26)30-24(18)32(25)16-17/h3-4,6,13,17-18,20-24,28-31H,5,7-12,14-16H2,1-2H3/t17-,18?,20-,21?,22?,23?,24?/m0/s1. The van der Waals surface area contributed by atoms with Crippen LogP contribution in [0.3, 0.4) is 0 Å². The van der Waals surface area contributed by atoms with E-state index in [0.717, 1.165) is 18.9 Å². The molecular weight excluding hydrogens is 496 g/mol. The molecule has 1 aromatic rings. The minimum absolute atomic E-state index is 0.223. The summed E-state index contributed by atoms with van der Waals surface area (Å²) in [6, 6.07) is 6.65. The van der Waals surface area contributed by atoms with E-state index in [-0.39, 0.29) is 5.54 Å². The molecule has 0 saturated carbocycles. The summed E-state index contributed by atoms with van der Waals surface area (Å²) in [4.78, 5) is 7.96. The second-order valence-corrected chi connectivity index (χ2v) is 13.3. The summed E-state index contributed by atoms with van der Waals surface area (Å²) in [5, 5.41) is 12.2. The number of nitrogens with zero attached hydrogens (tertiary/aromatic N) is 2. The van der Waals surface area contributed by atoms with Gasteiger partial charge in [0, 0.05) is 30.7 Å². The van der Waals surface area contributed by atoms with E-state index >= 15 is 0 Å². The summed E-state index contributed by atoms with van der Waals surface area (Å²) >= 11 is 5.79. The molecule has 8 atom stereocenters. The number of pyridine rings is 1. The van der Waals surface area contributed by atoms with Gasteiger partial charge in [-0.2, -0.15) is 0 Å². The minimum atomic E-state index is 0.223. The smallest absolute Gasteiger partial charge is 0.0690 e. The van der Waals surface area contributed by atoms with Crippen molar-refractivity contribution in [2.24, 2.45) is 11.8 Å². The van der Waals surface area contributed by atoms with Crippen LogP contribution in [0.15, 0.2) is 24.4 Å². The van der Waals surface area contributed by atoms with Gasteiger partial charge in [-0.15, -0.1) is 0 Å². The largest absolute Gasteiger partial charge is 0.293 e. The fourth-order valence-electron chi connectivity index (χ4n) is 6.50. The number of piperidine rings is 2. The third-order valence-corrected chi connectivity index (χ3v) is 9.89. The molecule has 184 valence electrons. The van der Waals surface area contributed by atoms with Crippen LogP contribution >= 0.6 is 27.9 Å². The molecule has 5 rings (SSSR count). The van der Waals surface area contributed by atoms with Crippen LogP contribution < -0.4 is 20.7 Å². The fraction of sp³-hybridized carbons (Fsp3) is 0.800. The summed E-state index contributed by atoms with van der Waals surface area (Å²) in [6.45, 7) is 7.16. The van der Waals surface area contributed by atoms with E-state index in [1.165, 1.54) is 57.2 Å². The van der Waals surface area contributed by atoms with Crippen molar-refractivity contribution in [2.45, 2.75) is 99.5 Å². The van der Waals surface area contributed by atoms with Crippen molar-refractivity contribution in [3.63, 3.8) is 0 Å². The van der Waals surface area contributed by atoms with Gasteiger partial charge in [0.1, 0.15) is 0 Å². The maximum Gasteiger partial charge on any atom is 0.0690 e. The molecule has 0 aromatic carbocycles. The second kappa shape index (κ2) is 10.8. The van der Waals surface area contributed by atoms with Gasteiger partial charge in [-0.25, -0.2) is 0 Å². The average molecular weight is 538 g/mol. The van der Waals surface area contributed by atoms with Crippen molar-refractivity contribution < 1.29 is 0 Å². The summed E-state index contributed by atoms with van der Waals surface area (Å²) in [5.74, 6) is 1.36. The number of aromatic nitrogens is 1. The second-order valence-electron chi connectivity index (χ2n) is 11.1. The Balaban J connectivity index is 1.38. The molecule has 33 heavy (non-hydrogen) atoms. The van der Waals surface area contributed by atoms with Gasteiger partial charge in [-0.1, -0.05) is 33.9 Å². The Morgan fingerprint density at radius 2 is 1.97 bits per heavy atom. The van der Waals surface area contributed by atoms with Crippen molar-refractivity contribution >= 4 is 27.9 Å². The topological polar surface area (TPSA) is 64.2 Å². The van der Waals surface area contributed by atoms with Gasteiger partial charge in [0.05, 0.1) is 34.4 Å². The third kappa shape index (κ3) is 5.96. The van der Waals surface area contributed by atoms with E-state index in [1.807, 2.05) is 24.2 Å². The van der Waals surface area contributed by atoms with Gasteiger partial charge in [0.2, 0.25) is 0 Å². The van der Waals surface area contributed by atoms with E-state index in [2.05, 4.69) is 67.5 Å². The zero-order valence-electron chi connectivity index (χ0n) is 20.1. The SMILES string of the molecule is CC1(C)C[C@@H]2CC[C@@H](c3ccccn3)NC3CCCC(N3)SNCC3CCC(Br)NC3N1C2. The van der Waals surface area contributed by atoms with Gasteiger partial charge < -0.3 is 0 Å². The lowest BCUT2D eigenvalue weighted by molar-refractivity contribution is 0.0343. The molecule has 4 N–H and O–H groups in total. The van der Waals surface area contributed by atoms with Crippen LogP contribution in [0.4, 0.5) is 0 Å². The Hall–Kier alpha value is -0.220. The average Bonchev–Trinajstić information content (AvgIpc) is 3.11. The highest BCUT2D eigenvalue weighted by molar-refractivity contribution is 9.09. The van der Waals surface area contributed by atoms with Crippen molar-refractivity contribution in [2.75, 3.05) is 13.1 Å². The molecule has 0 amide bonds. The Labute approximate surface area is 212 Å². The first-order valence-electron chi connectivity index (χ1n) is 13.0. The van der Waals surface area contributed by atoms with Crippen molar-refractivity contribution in [1.82, 2.24) is 30.6 Å². The molecule has 0 spiro atoms. The van der Waals surface area contributed by atoms with Gasteiger partial charge in [0.25, 0.3) is 0 Å². The fourth-order valence-corrected chi connectivity index (χ4v) is 8.06. The summed E-state index contributed by atoms with van der Waals surface area (Å²) in [5.41, 5.74) is 1.41. The molecule has 6 nitrogen and oxygen atoms in total. The molecule has 4 saturated heterocycles. The molecule has 6 unspecified atom stereocenters. The predicted octanol–water partition coefficient (Wildman–Crippen LogP) is 4.32. The number of halogens is 1. The van der Waals surface area contributed by atoms with E-state index in [4.69, 9.17) is 4.98 Å². The molecule has 0 radical (unpaired) electrons. The lowest BCUT2D eigenvalue weighted by atomic mass is 9.90. The molecule has 4 bridgehead atoms. The highest BCUT2D eigenvalue weighted by Gasteiger charge is 2.45. The summed E-state index contributed by atoms with van der Waals surface area (Å²) in [6.07, 6.45) is 12.5. The maximum absolute atomic E-state index is 4.74. The molecular formula is C25H41BrN6S. The Morgan fingerprint density at radius 3 is 2.82 bits per heavy atom. The van der Waals surface area contributed by atoms with Crippen LogP contribution in [0, 0.1) is 11.8 Å². The highest BCUT2D eigenvalue weighted by Crippen LogP contribution is 2.40. The molecule has 4 fully saturated rings. The summed E-state index contributed by atoms with van der Waals surface area (Å²) < 4.78 is 3.78. The van der Waals surface area contributed by atoms with Gasteiger partial charge >= 0.3 is 0 Å². The molecule has 0 aliphatic carbocycles. The Morgan fingerprint density at radius 1 is 1.06 bits per heavy atom. The highest BCUT2D eigenvalue weighted by atomic mass is 79.9. The Kier molecular flexibility index (Phi) is 8.02. The number of nitrogens with one attached hydrogen (secondary N) is 4. The van der Waals surface area contributed by atoms with E-state index < -0.39 is 0 Å². The first-order valence-corrected chi connectivity index (χ1v) is 14.8. The predicted molar refractivity (Wildman–Crippen MR) is 141 cm³/mol. The number of hydrogen-bond acceptors (Lipinski definition) is 7.